The Morgan fingerprint density at radius 3 is 2.16 bits per heavy atom. The Balaban J connectivity index is 2.12. The van der Waals surface area contributed by atoms with E-state index in [1.807, 2.05) is 0 Å². The molecule has 2 aliphatic rings. The maximum absolute atomic E-state index is 13.1. The molecule has 11 heteroatoms. The molecule has 0 aromatic rings. The van der Waals surface area contributed by atoms with Gasteiger partial charge in [-0.25, -0.2) is 4.79 Å². The van der Waals surface area contributed by atoms with Gasteiger partial charge in [0.1, 0.15) is 24.2 Å². The largest absolute Gasteiger partial charge is 0.480 e. The SMILES string of the molecule is CC(O)C(N)C(=O)N1CCCC1C(=O)NC(CCCCN)C(=O)N1CCCC1C(=O)O. The lowest BCUT2D eigenvalue weighted by atomic mass is 10.1. The predicted molar refractivity (Wildman–Crippen MR) is 112 cm³/mol. The normalized spacial score (nSPS) is 24.0. The summed E-state index contributed by atoms with van der Waals surface area (Å²) < 4.78 is 0. The maximum Gasteiger partial charge on any atom is 0.326 e. The Labute approximate surface area is 182 Å². The van der Waals surface area contributed by atoms with Crippen LogP contribution in [0.3, 0.4) is 0 Å². The number of aliphatic hydroxyl groups is 1. The number of carbonyl (C=O) groups excluding carboxylic acids is 3. The third kappa shape index (κ3) is 6.14. The van der Waals surface area contributed by atoms with Gasteiger partial charge < -0.3 is 36.8 Å². The lowest BCUT2D eigenvalue weighted by molar-refractivity contribution is -0.150. The molecular formula is C20H35N5O6. The molecule has 0 spiro atoms. The third-order valence-electron chi connectivity index (χ3n) is 6.03. The van der Waals surface area contributed by atoms with Crippen molar-refractivity contribution in [2.75, 3.05) is 19.6 Å². The van der Waals surface area contributed by atoms with E-state index in [0.717, 1.165) is 0 Å². The fraction of sp³-hybridized carbons (Fsp3) is 0.800. The Morgan fingerprint density at radius 2 is 1.61 bits per heavy atom. The molecule has 2 heterocycles. The zero-order valence-corrected chi connectivity index (χ0v) is 18.0. The topological polar surface area (TPSA) is 179 Å². The van der Waals surface area contributed by atoms with Crippen LogP contribution in [0.15, 0.2) is 0 Å². The van der Waals surface area contributed by atoms with Crippen LogP contribution >= 0.6 is 0 Å². The molecule has 7 N–H and O–H groups in total. The number of hydrogen-bond donors (Lipinski definition) is 5. The number of rotatable bonds is 10. The van der Waals surface area contributed by atoms with Crippen molar-refractivity contribution in [2.45, 2.75) is 82.1 Å². The molecule has 2 aliphatic heterocycles. The second-order valence-corrected chi connectivity index (χ2v) is 8.33. The molecule has 176 valence electrons. The van der Waals surface area contributed by atoms with Crippen LogP contribution in [0.4, 0.5) is 0 Å². The van der Waals surface area contributed by atoms with Crippen LogP contribution in [0.1, 0.15) is 51.9 Å². The van der Waals surface area contributed by atoms with Crippen molar-refractivity contribution in [3.63, 3.8) is 0 Å². The molecule has 11 nitrogen and oxygen atoms in total. The number of nitrogens with one attached hydrogen (secondary N) is 1. The van der Waals surface area contributed by atoms with Gasteiger partial charge in [-0.05, 0) is 58.4 Å². The van der Waals surface area contributed by atoms with Gasteiger partial charge >= 0.3 is 5.97 Å². The molecule has 0 radical (unpaired) electrons. The van der Waals surface area contributed by atoms with Crippen molar-refractivity contribution in [3.8, 4) is 0 Å². The lowest BCUT2D eigenvalue weighted by Gasteiger charge is -2.31. The predicted octanol–water partition coefficient (Wildman–Crippen LogP) is -1.63. The van der Waals surface area contributed by atoms with Crippen LogP contribution in [-0.2, 0) is 19.2 Å². The van der Waals surface area contributed by atoms with E-state index in [9.17, 15) is 29.4 Å². The van der Waals surface area contributed by atoms with E-state index in [0.29, 0.717) is 64.6 Å². The number of hydrogen-bond acceptors (Lipinski definition) is 7. The van der Waals surface area contributed by atoms with Gasteiger partial charge in [-0.3, -0.25) is 14.4 Å². The first-order valence-corrected chi connectivity index (χ1v) is 11.0. The number of nitrogens with zero attached hydrogens (tertiary/aromatic N) is 2. The zero-order chi connectivity index (χ0) is 23.1. The van der Waals surface area contributed by atoms with Gasteiger partial charge in [-0.15, -0.1) is 0 Å². The molecule has 5 atom stereocenters. The van der Waals surface area contributed by atoms with Gasteiger partial charge in [0.25, 0.3) is 0 Å². The third-order valence-corrected chi connectivity index (χ3v) is 6.03. The summed E-state index contributed by atoms with van der Waals surface area (Å²) in [5, 5.41) is 21.8. The Morgan fingerprint density at radius 1 is 1.03 bits per heavy atom. The molecule has 2 fully saturated rings. The minimum absolute atomic E-state index is 0.330. The number of carboxylic acid groups (broad SMARTS) is 1. The van der Waals surface area contributed by atoms with Crippen molar-refractivity contribution in [2.24, 2.45) is 11.5 Å². The number of aliphatic hydroxyl groups excluding tert-OH is 1. The molecule has 2 saturated heterocycles. The number of carbonyl (C=O) groups is 4. The van der Waals surface area contributed by atoms with Crippen LogP contribution in [-0.4, -0.2) is 93.6 Å². The summed E-state index contributed by atoms with van der Waals surface area (Å²) in [6.45, 7) is 2.53. The zero-order valence-electron chi connectivity index (χ0n) is 18.0. The van der Waals surface area contributed by atoms with Crippen molar-refractivity contribution < 1.29 is 29.4 Å². The molecule has 0 saturated carbocycles. The van der Waals surface area contributed by atoms with E-state index in [2.05, 4.69) is 5.32 Å². The van der Waals surface area contributed by atoms with E-state index in [1.54, 1.807) is 0 Å². The highest BCUT2D eigenvalue weighted by Gasteiger charge is 2.41. The summed E-state index contributed by atoms with van der Waals surface area (Å²) in [4.78, 5) is 52.8. The van der Waals surface area contributed by atoms with Gasteiger partial charge in [-0.2, -0.15) is 0 Å². The average molecular weight is 442 g/mol. The average Bonchev–Trinajstić information content (AvgIpc) is 3.41. The smallest absolute Gasteiger partial charge is 0.326 e. The minimum atomic E-state index is -1.13. The van der Waals surface area contributed by atoms with E-state index in [4.69, 9.17) is 11.5 Å². The lowest BCUT2D eigenvalue weighted by Crippen LogP contribution is -2.57. The Hall–Kier alpha value is -2.24. The van der Waals surface area contributed by atoms with Crippen LogP contribution in [0.2, 0.25) is 0 Å². The first-order chi connectivity index (χ1) is 14.7. The standard InChI is InChI=1S/C20H35N5O6/c1-12(26)16(22)19(29)24-10-4-7-14(24)17(27)23-13(6-2-3-9-21)18(28)25-11-5-8-15(25)20(30)31/h12-16,26H,2-11,21-22H2,1H3,(H,23,27)(H,30,31). The fourth-order valence-corrected chi connectivity index (χ4v) is 4.21. The highest BCUT2D eigenvalue weighted by molar-refractivity contribution is 5.94. The fourth-order valence-electron chi connectivity index (χ4n) is 4.21. The molecule has 0 bridgehead atoms. The maximum atomic E-state index is 13.1. The van der Waals surface area contributed by atoms with Crippen molar-refractivity contribution in [1.29, 1.82) is 0 Å². The number of amides is 3. The summed E-state index contributed by atoms with van der Waals surface area (Å²) in [7, 11) is 0. The number of carboxylic acids is 1. The van der Waals surface area contributed by atoms with Gasteiger partial charge in [0.05, 0.1) is 6.10 Å². The number of nitrogens with two attached hydrogens (primary N) is 2. The van der Waals surface area contributed by atoms with E-state index < -0.39 is 54.0 Å². The Kier molecular flexibility index (Phi) is 9.20. The number of aliphatic carboxylic acids is 1. The first-order valence-electron chi connectivity index (χ1n) is 11.0. The van der Waals surface area contributed by atoms with Crippen LogP contribution in [0, 0.1) is 0 Å². The molecular weight excluding hydrogens is 406 g/mol. The molecule has 3 amide bonds. The highest BCUT2D eigenvalue weighted by Crippen LogP contribution is 2.22. The second kappa shape index (κ2) is 11.4. The van der Waals surface area contributed by atoms with E-state index in [-0.39, 0.29) is 0 Å². The summed E-state index contributed by atoms with van der Waals surface area (Å²) in [6.07, 6.45) is 2.55. The molecule has 31 heavy (non-hydrogen) atoms. The molecule has 2 rings (SSSR count). The first kappa shape index (κ1) is 25.0. The van der Waals surface area contributed by atoms with Crippen molar-refractivity contribution in [3.05, 3.63) is 0 Å². The van der Waals surface area contributed by atoms with Crippen LogP contribution in [0.5, 0.6) is 0 Å². The summed E-state index contributed by atoms with van der Waals surface area (Å²) >= 11 is 0. The summed E-state index contributed by atoms with van der Waals surface area (Å²) in [5.74, 6) is -2.46. The molecule has 5 unspecified atom stereocenters. The highest BCUT2D eigenvalue weighted by atomic mass is 16.4. The van der Waals surface area contributed by atoms with Crippen LogP contribution in [0.25, 0.3) is 0 Å². The van der Waals surface area contributed by atoms with Crippen LogP contribution < -0.4 is 16.8 Å². The van der Waals surface area contributed by atoms with E-state index >= 15 is 0 Å². The monoisotopic (exact) mass is 441 g/mol. The minimum Gasteiger partial charge on any atom is -0.480 e. The van der Waals surface area contributed by atoms with Crippen molar-refractivity contribution in [1.82, 2.24) is 15.1 Å². The quantitative estimate of drug-likeness (QED) is 0.251. The van der Waals surface area contributed by atoms with E-state index in [1.165, 1.54) is 16.7 Å². The number of unbranched alkanes of at least 4 members (excludes halogenated alkanes) is 1. The molecule has 0 aliphatic carbocycles. The van der Waals surface area contributed by atoms with Gasteiger partial charge in [0.15, 0.2) is 0 Å². The summed E-state index contributed by atoms with van der Waals surface area (Å²) in [5.41, 5.74) is 11.3. The Bertz CT molecular complexity index is 672. The number of likely N-dealkylation sites (tertiary alicyclic amines) is 2. The molecule has 0 aromatic carbocycles. The molecule has 0 aromatic heterocycles. The van der Waals surface area contributed by atoms with Crippen molar-refractivity contribution >= 4 is 23.7 Å². The van der Waals surface area contributed by atoms with Gasteiger partial charge in [0.2, 0.25) is 17.7 Å². The summed E-state index contributed by atoms with van der Waals surface area (Å²) in [6, 6.07) is -3.69. The van der Waals surface area contributed by atoms with Gasteiger partial charge in [-0.1, -0.05) is 0 Å². The van der Waals surface area contributed by atoms with Gasteiger partial charge in [0, 0.05) is 13.1 Å². The second-order valence-electron chi connectivity index (χ2n) is 8.33.